The molecule has 296 valence electrons. The number of rotatable bonds is 12. The van der Waals surface area contributed by atoms with Gasteiger partial charge in [0.2, 0.25) is 0 Å². The van der Waals surface area contributed by atoms with Gasteiger partial charge in [0.1, 0.15) is 59.6 Å². The Kier molecular flexibility index (Phi) is 11.3. The molecule has 0 radical (unpaired) electrons. The molecular formula is C40H46LiO14P. The molecule has 4 heterocycles. The van der Waals surface area contributed by atoms with E-state index in [9.17, 15) is 14.3 Å². The van der Waals surface area contributed by atoms with Gasteiger partial charge in [0.05, 0.1) is 12.2 Å². The number of ether oxygens (including phenoxy) is 9. The first-order valence-corrected chi connectivity index (χ1v) is 20.2. The summed E-state index contributed by atoms with van der Waals surface area (Å²) in [6, 6.07) is 17.0. The number of benzene rings is 3. The molecule has 0 aromatic heterocycles. The van der Waals surface area contributed by atoms with Crippen molar-refractivity contribution in [2.24, 2.45) is 0 Å². The summed E-state index contributed by atoms with van der Waals surface area (Å²) in [5.41, 5.74) is 0.733. The van der Waals surface area contributed by atoms with Gasteiger partial charge in [-0.3, -0.25) is 4.57 Å². The predicted octanol–water partition coefficient (Wildman–Crippen LogP) is 3.49. The zero-order valence-corrected chi connectivity index (χ0v) is 33.7. The molecule has 0 bridgehead atoms. The van der Waals surface area contributed by atoms with Crippen molar-refractivity contribution in [1.29, 1.82) is 0 Å². The fourth-order valence-electron chi connectivity index (χ4n) is 8.21. The van der Waals surface area contributed by atoms with Gasteiger partial charge in [-0.25, -0.2) is 4.79 Å². The van der Waals surface area contributed by atoms with Crippen molar-refractivity contribution in [2.45, 2.75) is 121 Å². The number of carbonyl (C=O) groups is 1. The Morgan fingerprint density at radius 3 is 1.98 bits per heavy atom. The molecule has 5 aliphatic rings. The summed E-state index contributed by atoms with van der Waals surface area (Å²) in [4.78, 5) is 27.2. The summed E-state index contributed by atoms with van der Waals surface area (Å²) >= 11 is 0. The van der Waals surface area contributed by atoms with Crippen molar-refractivity contribution in [2.75, 3.05) is 13.2 Å². The van der Waals surface area contributed by atoms with Gasteiger partial charge in [0.25, 0.3) is 0 Å². The second-order valence-corrected chi connectivity index (χ2v) is 16.4. The van der Waals surface area contributed by atoms with Crippen LogP contribution in [0.5, 0.6) is 23.0 Å². The molecule has 7 unspecified atom stereocenters. The van der Waals surface area contributed by atoms with Crippen molar-refractivity contribution < 1.29 is 84.8 Å². The van der Waals surface area contributed by atoms with E-state index in [4.69, 9.17) is 51.7 Å². The monoisotopic (exact) mass is 788 g/mol. The fraction of sp³-hybridized carbons (Fsp3) is 0.525. The third-order valence-corrected chi connectivity index (χ3v) is 11.2. The molecule has 1 saturated carbocycles. The van der Waals surface area contributed by atoms with E-state index in [0.717, 1.165) is 12.8 Å². The van der Waals surface area contributed by atoms with E-state index >= 15 is 0 Å². The largest absolute Gasteiger partial charge is 1.00 e. The summed E-state index contributed by atoms with van der Waals surface area (Å²) in [5, 5.41) is 0. The molecule has 8 rings (SSSR count). The van der Waals surface area contributed by atoms with E-state index in [2.05, 4.69) is 6.92 Å². The smallest absolute Gasteiger partial charge is 0.746 e. The minimum Gasteiger partial charge on any atom is -0.746 e. The van der Waals surface area contributed by atoms with E-state index in [-0.39, 0.29) is 30.4 Å². The third kappa shape index (κ3) is 7.44. The third-order valence-electron chi connectivity index (χ3n) is 10.3. The molecule has 56 heavy (non-hydrogen) atoms. The Hall–Kier alpha value is -2.96. The quantitative estimate of drug-likeness (QED) is 0.0864. The Balaban J connectivity index is 0.00000480. The van der Waals surface area contributed by atoms with Gasteiger partial charge < -0.3 is 56.6 Å². The summed E-state index contributed by atoms with van der Waals surface area (Å²) in [6.07, 6.45) is -4.29. The van der Waals surface area contributed by atoms with Crippen molar-refractivity contribution in [3.63, 3.8) is 0 Å². The van der Waals surface area contributed by atoms with Crippen LogP contribution in [0.3, 0.4) is 0 Å². The summed E-state index contributed by atoms with van der Waals surface area (Å²) in [5.74, 6) is -1.66. The van der Waals surface area contributed by atoms with Gasteiger partial charge in [-0.1, -0.05) is 31.5 Å². The van der Waals surface area contributed by atoms with Crippen LogP contribution in [-0.2, 0) is 47.8 Å². The average Bonchev–Trinajstić information content (AvgIpc) is 3.73. The predicted molar refractivity (Wildman–Crippen MR) is 192 cm³/mol. The van der Waals surface area contributed by atoms with Crippen molar-refractivity contribution in [1.82, 2.24) is 0 Å². The van der Waals surface area contributed by atoms with Crippen molar-refractivity contribution in [3.05, 3.63) is 82.9 Å². The molecule has 1 aliphatic carbocycles. The average molecular weight is 789 g/mol. The molecule has 1 spiro atoms. The van der Waals surface area contributed by atoms with Crippen LogP contribution < -0.4 is 37.8 Å². The zero-order chi connectivity index (χ0) is 38.9. The van der Waals surface area contributed by atoms with Gasteiger partial charge >= 0.3 is 32.7 Å². The number of fused-ring (bicyclic) bond motifs is 8. The second kappa shape index (κ2) is 15.3. The van der Waals surface area contributed by atoms with Gasteiger partial charge in [-0.15, -0.1) is 0 Å². The van der Waals surface area contributed by atoms with E-state index in [1.165, 1.54) is 12.1 Å². The van der Waals surface area contributed by atoms with Crippen LogP contribution in [0.2, 0.25) is 0 Å². The SMILES string of the molecule is CCCCOc1ccc2c(c1)Oc1cc(OP(=O)([O-])OC3C4OC(C)(C)O[C@H]4C(OC(C)OCC)C4OC(C)(C)O[C@H]43)ccc1C21OC(=O)c2ccccc21.[Li+]. The minimum atomic E-state index is -5.19. The Labute approximate surface area is 338 Å². The molecule has 3 aromatic carbocycles. The first kappa shape index (κ1) is 41.2. The molecule has 3 fully saturated rings. The number of phosphoric ester groups is 1. The first-order valence-electron chi connectivity index (χ1n) is 18.7. The van der Waals surface area contributed by atoms with Crippen LogP contribution in [-0.4, -0.2) is 73.7 Å². The van der Waals surface area contributed by atoms with Crippen molar-refractivity contribution >= 4 is 13.8 Å². The van der Waals surface area contributed by atoms with Crippen LogP contribution in [0, 0.1) is 0 Å². The molecule has 9 atom stereocenters. The Bertz CT molecular complexity index is 1970. The number of hydrogen-bond donors (Lipinski definition) is 0. The molecule has 0 amide bonds. The van der Waals surface area contributed by atoms with Crippen LogP contribution in [0.4, 0.5) is 0 Å². The maximum Gasteiger partial charge on any atom is 1.00 e. The van der Waals surface area contributed by atoms with Crippen LogP contribution in [0.15, 0.2) is 60.7 Å². The number of unbranched alkanes of at least 4 members (excludes halogenated alkanes) is 1. The zero-order valence-electron chi connectivity index (χ0n) is 32.8. The van der Waals surface area contributed by atoms with Gasteiger partial charge in [-0.05, 0) is 78.3 Å². The summed E-state index contributed by atoms with van der Waals surface area (Å²) < 4.78 is 81.0. The van der Waals surface area contributed by atoms with Crippen LogP contribution in [0.1, 0.15) is 88.4 Å². The summed E-state index contributed by atoms with van der Waals surface area (Å²) in [6.45, 7) is 13.5. The normalized spacial score (nSPS) is 30.3. The maximum atomic E-state index is 13.9. The summed E-state index contributed by atoms with van der Waals surface area (Å²) in [7, 11) is -5.19. The van der Waals surface area contributed by atoms with Crippen molar-refractivity contribution in [3.8, 4) is 23.0 Å². The Morgan fingerprint density at radius 1 is 0.804 bits per heavy atom. The first-order chi connectivity index (χ1) is 26.1. The fourth-order valence-corrected chi connectivity index (χ4v) is 9.16. The van der Waals surface area contributed by atoms with Gasteiger partial charge in [-0.2, -0.15) is 0 Å². The topological polar surface area (TPSA) is 159 Å². The Morgan fingerprint density at radius 2 is 1.38 bits per heavy atom. The number of hydrogen-bond acceptors (Lipinski definition) is 14. The van der Waals surface area contributed by atoms with E-state index in [1.807, 2.05) is 31.2 Å². The standard InChI is InChI=1S/C40H47O14P.Li/c1-8-10-19-45-23-15-17-27-29(20-23)47-30-21-24(16-18-28(30)40(27)26-14-12-11-13-25(26)37(41)52-40)53-55(42,43)54-36-34-32(48-38(4,5)50-34)31(46-22(3)44-9-2)33-35(36)51-39(6,7)49-33;/h11-18,20-22,31-36H,8-10,19H2,1-7H3,(H,42,43);/q;+1/p-1/t22?,31?,32-,33?,34?,35+,36?,40?;/m0./s1. The van der Waals surface area contributed by atoms with Gasteiger partial charge in [0.15, 0.2) is 23.5 Å². The number of carbonyl (C=O) groups excluding carboxylic acids is 1. The molecule has 2 saturated heterocycles. The molecular weight excluding hydrogens is 742 g/mol. The molecule has 3 aromatic rings. The van der Waals surface area contributed by atoms with E-state index in [0.29, 0.717) is 47.0 Å². The minimum absolute atomic E-state index is 0. The second-order valence-electron chi connectivity index (χ2n) is 15.1. The molecule has 4 aliphatic heterocycles. The van der Waals surface area contributed by atoms with Gasteiger partial charge in [0, 0.05) is 35.4 Å². The molecule has 16 heteroatoms. The van der Waals surface area contributed by atoms with Crippen LogP contribution >= 0.6 is 7.82 Å². The molecule has 0 N–H and O–H groups in total. The number of esters is 1. The molecule has 14 nitrogen and oxygen atoms in total. The van der Waals surface area contributed by atoms with E-state index in [1.54, 1.807) is 58.9 Å². The van der Waals surface area contributed by atoms with E-state index < -0.39 is 73.9 Å². The maximum absolute atomic E-state index is 13.9. The number of phosphoric acid groups is 1. The van der Waals surface area contributed by atoms with Crippen LogP contribution in [0.25, 0.3) is 0 Å².